The summed E-state index contributed by atoms with van der Waals surface area (Å²) < 4.78 is 0. The molecule has 6 nitrogen and oxygen atoms in total. The Morgan fingerprint density at radius 2 is 2.10 bits per heavy atom. The van der Waals surface area contributed by atoms with E-state index >= 15 is 0 Å². The second-order valence-corrected chi connectivity index (χ2v) is 5.45. The van der Waals surface area contributed by atoms with Gasteiger partial charge in [-0.1, -0.05) is 13.8 Å². The highest BCUT2D eigenvalue weighted by molar-refractivity contribution is 5.93. The van der Waals surface area contributed by atoms with Crippen LogP contribution in [-0.4, -0.2) is 27.7 Å². The second kappa shape index (κ2) is 6.05. The molecule has 1 unspecified atom stereocenters. The van der Waals surface area contributed by atoms with Gasteiger partial charge in [0.15, 0.2) is 0 Å². The van der Waals surface area contributed by atoms with Gasteiger partial charge in [-0.05, 0) is 25.0 Å². The number of hydrogen-bond acceptors (Lipinski definition) is 5. The quantitative estimate of drug-likeness (QED) is 0.652. The molecule has 0 aliphatic rings. The Morgan fingerprint density at radius 3 is 2.67 bits per heavy atom. The van der Waals surface area contributed by atoms with Crippen molar-refractivity contribution in [3.8, 4) is 0 Å². The van der Waals surface area contributed by atoms with E-state index in [1.807, 2.05) is 26.8 Å². The highest BCUT2D eigenvalue weighted by Gasteiger charge is 2.16. The SMILES string of the molecule is Cc1cc(NC(CO)C(C)C)c2cc([N+](=O)[O-])ccc2n1. The molecule has 0 amide bonds. The lowest BCUT2D eigenvalue weighted by Crippen LogP contribution is -2.29. The summed E-state index contributed by atoms with van der Waals surface area (Å²) in [6.07, 6.45) is 0. The van der Waals surface area contributed by atoms with E-state index in [0.29, 0.717) is 10.9 Å². The number of fused-ring (bicyclic) bond motifs is 1. The summed E-state index contributed by atoms with van der Waals surface area (Å²) in [7, 11) is 0. The molecule has 0 saturated carbocycles. The van der Waals surface area contributed by atoms with Crippen LogP contribution in [0.4, 0.5) is 11.4 Å². The van der Waals surface area contributed by atoms with E-state index in [1.165, 1.54) is 12.1 Å². The topological polar surface area (TPSA) is 88.3 Å². The summed E-state index contributed by atoms with van der Waals surface area (Å²) in [5.41, 5.74) is 2.30. The van der Waals surface area contributed by atoms with Crippen LogP contribution in [0.25, 0.3) is 10.9 Å². The highest BCUT2D eigenvalue weighted by atomic mass is 16.6. The van der Waals surface area contributed by atoms with E-state index < -0.39 is 4.92 Å². The number of aryl methyl sites for hydroxylation is 1. The van der Waals surface area contributed by atoms with Gasteiger partial charge in [-0.3, -0.25) is 15.1 Å². The first-order valence-electron chi connectivity index (χ1n) is 6.85. The molecule has 21 heavy (non-hydrogen) atoms. The smallest absolute Gasteiger partial charge is 0.270 e. The van der Waals surface area contributed by atoms with Crippen molar-refractivity contribution in [2.75, 3.05) is 11.9 Å². The number of benzene rings is 1. The predicted molar refractivity (Wildman–Crippen MR) is 82.5 cm³/mol. The van der Waals surface area contributed by atoms with E-state index in [-0.39, 0.29) is 24.3 Å². The van der Waals surface area contributed by atoms with Crippen LogP contribution in [0.5, 0.6) is 0 Å². The van der Waals surface area contributed by atoms with E-state index in [9.17, 15) is 15.2 Å². The van der Waals surface area contributed by atoms with Crippen LogP contribution in [0.3, 0.4) is 0 Å². The fraction of sp³-hybridized carbons (Fsp3) is 0.400. The molecule has 0 radical (unpaired) electrons. The van der Waals surface area contributed by atoms with Gasteiger partial charge < -0.3 is 10.4 Å². The molecule has 2 rings (SSSR count). The monoisotopic (exact) mass is 289 g/mol. The predicted octanol–water partition coefficient (Wildman–Crippen LogP) is 2.88. The molecule has 0 bridgehead atoms. The maximum atomic E-state index is 10.9. The normalized spacial score (nSPS) is 12.6. The molecule has 2 N–H and O–H groups in total. The number of anilines is 1. The summed E-state index contributed by atoms with van der Waals surface area (Å²) in [5, 5.41) is 24.3. The number of rotatable bonds is 5. The molecule has 1 aromatic carbocycles. The van der Waals surface area contributed by atoms with Gasteiger partial charge in [0, 0.05) is 28.9 Å². The molecule has 0 aliphatic carbocycles. The first-order valence-corrected chi connectivity index (χ1v) is 6.85. The van der Waals surface area contributed by atoms with Crippen LogP contribution < -0.4 is 5.32 Å². The van der Waals surface area contributed by atoms with Crippen molar-refractivity contribution in [3.63, 3.8) is 0 Å². The zero-order valence-electron chi connectivity index (χ0n) is 12.3. The van der Waals surface area contributed by atoms with Crippen molar-refractivity contribution in [1.82, 2.24) is 4.98 Å². The second-order valence-electron chi connectivity index (χ2n) is 5.45. The van der Waals surface area contributed by atoms with Gasteiger partial charge in [0.2, 0.25) is 0 Å². The van der Waals surface area contributed by atoms with Crippen molar-refractivity contribution >= 4 is 22.3 Å². The van der Waals surface area contributed by atoms with Gasteiger partial charge in [0.05, 0.1) is 23.1 Å². The number of non-ortho nitro benzene ring substituents is 1. The lowest BCUT2D eigenvalue weighted by molar-refractivity contribution is -0.384. The molecule has 0 aliphatic heterocycles. The summed E-state index contributed by atoms with van der Waals surface area (Å²) in [6.45, 7) is 5.88. The van der Waals surface area contributed by atoms with E-state index in [2.05, 4.69) is 10.3 Å². The minimum atomic E-state index is -0.422. The summed E-state index contributed by atoms with van der Waals surface area (Å²) in [5.74, 6) is 0.234. The highest BCUT2D eigenvalue weighted by Crippen LogP contribution is 2.28. The zero-order valence-corrected chi connectivity index (χ0v) is 12.3. The van der Waals surface area contributed by atoms with E-state index in [1.54, 1.807) is 6.07 Å². The van der Waals surface area contributed by atoms with Crippen molar-refractivity contribution < 1.29 is 10.0 Å². The van der Waals surface area contributed by atoms with Gasteiger partial charge >= 0.3 is 0 Å². The Balaban J connectivity index is 2.54. The number of aliphatic hydroxyl groups is 1. The van der Waals surface area contributed by atoms with Gasteiger partial charge in [0.25, 0.3) is 5.69 Å². The molecule has 1 atom stereocenters. The fourth-order valence-corrected chi connectivity index (χ4v) is 2.20. The number of aromatic nitrogens is 1. The third kappa shape index (κ3) is 3.28. The van der Waals surface area contributed by atoms with Gasteiger partial charge in [-0.2, -0.15) is 0 Å². The first kappa shape index (κ1) is 15.2. The van der Waals surface area contributed by atoms with Gasteiger partial charge in [-0.25, -0.2) is 0 Å². The van der Waals surface area contributed by atoms with Crippen molar-refractivity contribution in [2.45, 2.75) is 26.8 Å². The molecular formula is C15H19N3O3. The Kier molecular flexibility index (Phi) is 4.37. The average Bonchev–Trinajstić information content (AvgIpc) is 2.43. The number of nitrogens with one attached hydrogen (secondary N) is 1. The van der Waals surface area contributed by atoms with Crippen LogP contribution in [0.15, 0.2) is 24.3 Å². The first-order chi connectivity index (χ1) is 9.92. The average molecular weight is 289 g/mol. The lowest BCUT2D eigenvalue weighted by atomic mass is 10.0. The maximum absolute atomic E-state index is 10.9. The lowest BCUT2D eigenvalue weighted by Gasteiger charge is -2.22. The van der Waals surface area contributed by atoms with Crippen molar-refractivity contribution in [2.24, 2.45) is 5.92 Å². The fourth-order valence-electron chi connectivity index (χ4n) is 2.20. The largest absolute Gasteiger partial charge is 0.394 e. The maximum Gasteiger partial charge on any atom is 0.270 e. The van der Waals surface area contributed by atoms with Gasteiger partial charge in [-0.15, -0.1) is 0 Å². The summed E-state index contributed by atoms with van der Waals surface area (Å²) in [6, 6.07) is 6.34. The number of pyridine rings is 1. The van der Waals surface area contributed by atoms with E-state index in [0.717, 1.165) is 11.4 Å². The molecule has 0 fully saturated rings. The zero-order chi connectivity index (χ0) is 15.6. The van der Waals surface area contributed by atoms with Crippen LogP contribution in [0.1, 0.15) is 19.5 Å². The Morgan fingerprint density at radius 1 is 1.38 bits per heavy atom. The van der Waals surface area contributed by atoms with Gasteiger partial charge in [0.1, 0.15) is 0 Å². The van der Waals surface area contributed by atoms with E-state index in [4.69, 9.17) is 0 Å². The Labute approximate surface area is 123 Å². The molecule has 112 valence electrons. The number of nitrogens with zero attached hydrogens (tertiary/aromatic N) is 2. The van der Waals surface area contributed by atoms with Crippen molar-refractivity contribution in [1.29, 1.82) is 0 Å². The minimum Gasteiger partial charge on any atom is -0.394 e. The Bertz CT molecular complexity index is 671. The van der Waals surface area contributed by atoms with Crippen LogP contribution in [-0.2, 0) is 0 Å². The summed E-state index contributed by atoms with van der Waals surface area (Å²) in [4.78, 5) is 14.9. The number of nitro groups is 1. The molecule has 1 heterocycles. The molecule has 1 aromatic heterocycles. The number of hydrogen-bond donors (Lipinski definition) is 2. The molecule has 0 spiro atoms. The third-order valence-corrected chi connectivity index (χ3v) is 3.47. The molecule has 2 aromatic rings. The number of aliphatic hydroxyl groups excluding tert-OH is 1. The molecule has 0 saturated heterocycles. The van der Waals surface area contributed by atoms with Crippen LogP contribution in [0.2, 0.25) is 0 Å². The van der Waals surface area contributed by atoms with Crippen molar-refractivity contribution in [3.05, 3.63) is 40.1 Å². The third-order valence-electron chi connectivity index (χ3n) is 3.47. The molecule has 6 heteroatoms. The Hall–Kier alpha value is -2.21. The van der Waals surface area contributed by atoms with Crippen LogP contribution >= 0.6 is 0 Å². The standard InChI is InChI=1S/C15H19N3O3/c1-9(2)15(8-19)17-14-6-10(3)16-13-5-4-11(18(20)21)7-12(13)14/h4-7,9,15,19H,8H2,1-3H3,(H,16,17). The minimum absolute atomic E-state index is 0.00451. The number of nitro benzene ring substituents is 1. The summed E-state index contributed by atoms with van der Waals surface area (Å²) >= 11 is 0. The molecular weight excluding hydrogens is 270 g/mol. The van der Waals surface area contributed by atoms with Crippen LogP contribution in [0, 0.1) is 23.0 Å².